The summed E-state index contributed by atoms with van der Waals surface area (Å²) in [6.45, 7) is -0.502. The van der Waals surface area contributed by atoms with Crippen LogP contribution in [0.3, 0.4) is 0 Å². The van der Waals surface area contributed by atoms with Crippen LogP contribution in [0.5, 0.6) is 5.75 Å². The van der Waals surface area contributed by atoms with E-state index in [0.29, 0.717) is 0 Å². The number of nitro benzene ring substituents is 1. The second-order valence-electron chi connectivity index (χ2n) is 4.42. The summed E-state index contributed by atoms with van der Waals surface area (Å²) in [6.07, 6.45) is -4.66. The molecule has 1 radical (unpaired) electrons. The molecule has 8 heteroatoms. The molecule has 0 unspecified atom stereocenters. The third kappa shape index (κ3) is 3.05. The summed E-state index contributed by atoms with van der Waals surface area (Å²) in [4.78, 5) is 9.97. The predicted octanol–water partition coefficient (Wildman–Crippen LogP) is -0.107. The zero-order chi connectivity index (χ0) is 14.7. The van der Waals surface area contributed by atoms with Crippen molar-refractivity contribution < 1.29 is 29.7 Å². The van der Waals surface area contributed by atoms with Crippen LogP contribution in [0.1, 0.15) is 0 Å². The van der Waals surface area contributed by atoms with E-state index in [1.807, 2.05) is 0 Å². The number of aliphatic hydroxyl groups is 2. The van der Waals surface area contributed by atoms with Crippen LogP contribution >= 0.6 is 0 Å². The zero-order valence-corrected chi connectivity index (χ0v) is 10.4. The van der Waals surface area contributed by atoms with E-state index in [1.54, 1.807) is 0 Å². The molecule has 1 aliphatic rings. The number of nitro groups is 1. The van der Waals surface area contributed by atoms with Crippen molar-refractivity contribution in [3.05, 3.63) is 34.4 Å². The maximum atomic E-state index is 11.7. The van der Waals surface area contributed by atoms with Gasteiger partial charge < -0.3 is 19.7 Å². The average Bonchev–Trinajstić information content (AvgIpc) is 2.45. The van der Waals surface area contributed by atoms with Crippen LogP contribution in [0.25, 0.3) is 0 Å². The molecule has 1 aromatic carbocycles. The molecule has 2 rings (SSSR count). The van der Waals surface area contributed by atoms with Gasteiger partial charge in [-0.25, -0.2) is 5.11 Å². The highest BCUT2D eigenvalue weighted by atomic mass is 16.6. The predicted molar refractivity (Wildman–Crippen MR) is 64.8 cm³/mol. The molecule has 0 aliphatic carbocycles. The molecule has 0 saturated carbocycles. The Morgan fingerprint density at radius 1 is 1.40 bits per heavy atom. The maximum absolute atomic E-state index is 11.7. The molecule has 1 fully saturated rings. The Balaban J connectivity index is 2.01. The summed E-state index contributed by atoms with van der Waals surface area (Å²) in [5.74, 6) is 0.290. The topological polar surface area (TPSA) is 122 Å². The number of benzene rings is 1. The largest absolute Gasteiger partial charge is 0.485 e. The number of non-ortho nitro benzene ring substituents is 1. The Kier molecular flexibility index (Phi) is 4.50. The highest BCUT2D eigenvalue weighted by Crippen LogP contribution is 2.23. The number of aliphatic hydroxyl groups excluding tert-OH is 2. The van der Waals surface area contributed by atoms with E-state index in [9.17, 15) is 20.3 Å². The van der Waals surface area contributed by atoms with Gasteiger partial charge in [0, 0.05) is 12.1 Å². The first-order valence-electron chi connectivity index (χ1n) is 6.00. The van der Waals surface area contributed by atoms with Crippen molar-refractivity contribution in [3.63, 3.8) is 0 Å². The van der Waals surface area contributed by atoms with Gasteiger partial charge in [0.25, 0.3) is 5.69 Å². The average molecular weight is 284 g/mol. The van der Waals surface area contributed by atoms with Gasteiger partial charge in [0.05, 0.1) is 18.1 Å². The molecule has 0 spiro atoms. The number of ether oxygens (including phenoxy) is 2. The molecule has 8 nitrogen and oxygen atoms in total. The van der Waals surface area contributed by atoms with Crippen molar-refractivity contribution in [1.82, 2.24) is 0 Å². The highest BCUT2D eigenvalue weighted by molar-refractivity contribution is 5.36. The fourth-order valence-electron chi connectivity index (χ4n) is 1.92. The minimum atomic E-state index is -1.50. The van der Waals surface area contributed by atoms with E-state index in [1.165, 1.54) is 24.3 Å². The number of rotatable bonds is 4. The molecule has 0 aromatic heterocycles. The summed E-state index contributed by atoms with van der Waals surface area (Å²) in [7, 11) is 0. The van der Waals surface area contributed by atoms with Crippen molar-refractivity contribution in [2.24, 2.45) is 0 Å². The van der Waals surface area contributed by atoms with Gasteiger partial charge in [0.1, 0.15) is 18.0 Å². The molecular formula is C12H14NO7. The third-order valence-electron chi connectivity index (χ3n) is 3.07. The molecule has 20 heavy (non-hydrogen) atoms. The first kappa shape index (κ1) is 14.7. The molecule has 2 N–H and O–H groups in total. The molecule has 0 bridgehead atoms. The van der Waals surface area contributed by atoms with Crippen LogP contribution in [-0.4, -0.2) is 52.8 Å². The molecule has 0 amide bonds. The monoisotopic (exact) mass is 284 g/mol. The van der Waals surface area contributed by atoms with E-state index in [-0.39, 0.29) is 18.0 Å². The summed E-state index contributed by atoms with van der Waals surface area (Å²) in [5.41, 5.74) is -0.0835. The second kappa shape index (κ2) is 6.14. The van der Waals surface area contributed by atoms with Crippen molar-refractivity contribution in [2.45, 2.75) is 24.4 Å². The summed E-state index contributed by atoms with van der Waals surface area (Å²) in [5, 5.41) is 40.9. The lowest BCUT2D eigenvalue weighted by atomic mass is 10.0. The molecule has 1 heterocycles. The van der Waals surface area contributed by atoms with Gasteiger partial charge in [0.15, 0.2) is 12.2 Å². The van der Waals surface area contributed by atoms with Crippen LogP contribution in [0.4, 0.5) is 5.69 Å². The first-order chi connectivity index (χ1) is 9.52. The SMILES string of the molecule is [O][C@H]1[C@H](O)[C@@H](Oc2ccc([N+](=O)[O-])cc2)CO[C@@H]1CO. The van der Waals surface area contributed by atoms with Gasteiger partial charge in [-0.15, -0.1) is 0 Å². The Hall–Kier alpha value is -1.74. The fourth-order valence-corrected chi connectivity index (χ4v) is 1.92. The lowest BCUT2D eigenvalue weighted by molar-refractivity contribution is -0.384. The molecule has 4 atom stereocenters. The van der Waals surface area contributed by atoms with Crippen molar-refractivity contribution in [1.29, 1.82) is 0 Å². The molecule has 109 valence electrons. The van der Waals surface area contributed by atoms with Gasteiger partial charge in [-0.05, 0) is 12.1 Å². The highest BCUT2D eigenvalue weighted by Gasteiger charge is 2.40. The normalized spacial score (nSPS) is 29.9. The Morgan fingerprint density at radius 3 is 2.60 bits per heavy atom. The van der Waals surface area contributed by atoms with Crippen molar-refractivity contribution in [2.75, 3.05) is 13.2 Å². The van der Waals surface area contributed by atoms with E-state index < -0.39 is 35.9 Å². The Morgan fingerprint density at radius 2 is 2.05 bits per heavy atom. The van der Waals surface area contributed by atoms with Crippen molar-refractivity contribution in [3.8, 4) is 5.75 Å². The van der Waals surface area contributed by atoms with Crippen molar-refractivity contribution >= 4 is 5.69 Å². The summed E-state index contributed by atoms with van der Waals surface area (Å²) in [6, 6.07) is 5.28. The van der Waals surface area contributed by atoms with Gasteiger partial charge in [-0.1, -0.05) is 0 Å². The summed E-state index contributed by atoms with van der Waals surface area (Å²) >= 11 is 0. The molecular weight excluding hydrogens is 270 g/mol. The number of nitrogens with zero attached hydrogens (tertiary/aromatic N) is 1. The van der Waals surface area contributed by atoms with Crippen LogP contribution in [0.2, 0.25) is 0 Å². The lowest BCUT2D eigenvalue weighted by Gasteiger charge is -2.35. The van der Waals surface area contributed by atoms with Gasteiger partial charge >= 0.3 is 0 Å². The standard InChI is InChI=1S/C12H14NO7/c14-5-9-11(15)12(16)10(6-19-9)20-8-3-1-7(2-4-8)13(17)18/h1-4,9-12,14,16H,5-6H2/t9-,10+,11-,12-/m1/s1. The zero-order valence-electron chi connectivity index (χ0n) is 10.4. The van der Waals surface area contributed by atoms with Gasteiger partial charge in [-0.3, -0.25) is 10.1 Å². The van der Waals surface area contributed by atoms with E-state index in [4.69, 9.17) is 14.6 Å². The fraction of sp³-hybridized carbons (Fsp3) is 0.500. The number of hydrogen-bond acceptors (Lipinski definition) is 6. The van der Waals surface area contributed by atoms with Crippen LogP contribution in [-0.2, 0) is 9.84 Å². The van der Waals surface area contributed by atoms with Gasteiger partial charge in [-0.2, -0.15) is 0 Å². The Labute approximate surface area is 114 Å². The smallest absolute Gasteiger partial charge is 0.269 e. The molecule has 1 aliphatic heterocycles. The second-order valence-corrected chi connectivity index (χ2v) is 4.42. The molecule has 1 saturated heterocycles. The lowest BCUT2D eigenvalue weighted by Crippen LogP contribution is -2.55. The number of hydrogen-bond donors (Lipinski definition) is 2. The third-order valence-corrected chi connectivity index (χ3v) is 3.07. The van der Waals surface area contributed by atoms with Crippen LogP contribution < -0.4 is 4.74 Å². The Bertz CT molecular complexity index is 463. The quantitative estimate of drug-likeness (QED) is 0.587. The minimum absolute atomic E-state index is 0.0396. The summed E-state index contributed by atoms with van der Waals surface area (Å²) < 4.78 is 10.5. The minimum Gasteiger partial charge on any atom is -0.485 e. The first-order valence-corrected chi connectivity index (χ1v) is 6.00. The van der Waals surface area contributed by atoms with Crippen LogP contribution in [0, 0.1) is 10.1 Å². The molecule has 1 aromatic rings. The maximum Gasteiger partial charge on any atom is 0.269 e. The van der Waals surface area contributed by atoms with E-state index in [0.717, 1.165) is 0 Å². The van der Waals surface area contributed by atoms with E-state index >= 15 is 0 Å². The van der Waals surface area contributed by atoms with Crippen LogP contribution in [0.15, 0.2) is 24.3 Å². The van der Waals surface area contributed by atoms with Gasteiger partial charge in [0.2, 0.25) is 0 Å². The van der Waals surface area contributed by atoms with E-state index in [2.05, 4.69) is 0 Å².